The van der Waals surface area contributed by atoms with E-state index in [1.165, 1.54) is 0 Å². The molecule has 0 spiro atoms. The summed E-state index contributed by atoms with van der Waals surface area (Å²) in [6.07, 6.45) is -0.0457. The fourth-order valence-electron chi connectivity index (χ4n) is 2.82. The summed E-state index contributed by atoms with van der Waals surface area (Å²) in [6, 6.07) is 21.6. The van der Waals surface area contributed by atoms with E-state index in [0.717, 1.165) is 5.56 Å². The van der Waals surface area contributed by atoms with Crippen molar-refractivity contribution >= 4 is 23.2 Å². The third-order valence-electron chi connectivity index (χ3n) is 4.27. The van der Waals surface area contributed by atoms with Gasteiger partial charge in [-0.1, -0.05) is 36.4 Å². The highest BCUT2D eigenvalue weighted by molar-refractivity contribution is 6.08. The molecule has 0 atom stereocenters. The maximum absolute atomic E-state index is 12.8. The molecule has 148 valence electrons. The van der Waals surface area contributed by atoms with Gasteiger partial charge in [0, 0.05) is 16.9 Å². The Bertz CT molecular complexity index is 1010. The Morgan fingerprint density at radius 2 is 1.52 bits per heavy atom. The van der Waals surface area contributed by atoms with E-state index in [4.69, 9.17) is 4.74 Å². The molecular formula is C24H24N2O3. The van der Waals surface area contributed by atoms with Crippen LogP contribution in [-0.4, -0.2) is 17.9 Å². The molecule has 0 aliphatic carbocycles. The third kappa shape index (κ3) is 5.23. The van der Waals surface area contributed by atoms with Crippen LogP contribution in [0.3, 0.4) is 0 Å². The van der Waals surface area contributed by atoms with Crippen molar-refractivity contribution in [3.63, 3.8) is 0 Å². The number of para-hydroxylation sites is 2. The molecule has 2 amide bonds. The van der Waals surface area contributed by atoms with Gasteiger partial charge in [-0.15, -0.1) is 0 Å². The second-order valence-electron chi connectivity index (χ2n) is 6.97. The van der Waals surface area contributed by atoms with E-state index in [-0.39, 0.29) is 17.9 Å². The lowest BCUT2D eigenvalue weighted by atomic mass is 10.1. The number of rotatable bonds is 6. The number of anilines is 2. The summed E-state index contributed by atoms with van der Waals surface area (Å²) >= 11 is 0. The van der Waals surface area contributed by atoms with Crippen molar-refractivity contribution in [3.05, 3.63) is 89.5 Å². The number of aryl methyl sites for hydroxylation is 1. The number of carbonyl (C=O) groups is 2. The average Bonchev–Trinajstić information content (AvgIpc) is 2.70. The Balaban J connectivity index is 1.80. The van der Waals surface area contributed by atoms with Crippen LogP contribution in [0.2, 0.25) is 0 Å². The lowest BCUT2D eigenvalue weighted by molar-refractivity contribution is 0.101. The summed E-state index contributed by atoms with van der Waals surface area (Å²) in [5, 5.41) is 5.75. The van der Waals surface area contributed by atoms with Crippen LogP contribution >= 0.6 is 0 Å². The van der Waals surface area contributed by atoms with Gasteiger partial charge < -0.3 is 15.4 Å². The topological polar surface area (TPSA) is 67.4 Å². The van der Waals surface area contributed by atoms with E-state index >= 15 is 0 Å². The van der Waals surface area contributed by atoms with E-state index in [0.29, 0.717) is 28.3 Å². The molecule has 0 radical (unpaired) electrons. The number of nitrogens with one attached hydrogen (secondary N) is 2. The number of amides is 2. The molecule has 0 heterocycles. The molecule has 3 aromatic rings. The Kier molecular flexibility index (Phi) is 6.29. The molecule has 3 aromatic carbocycles. The Hall–Kier alpha value is -3.60. The fraction of sp³-hybridized carbons (Fsp3) is 0.167. The SMILES string of the molecule is Cc1ccc(C(=O)Nc2ccccc2)cc1NC(=O)c1ccccc1OC(C)C. The predicted octanol–water partition coefficient (Wildman–Crippen LogP) is 5.29. The van der Waals surface area contributed by atoms with E-state index in [9.17, 15) is 9.59 Å². The van der Waals surface area contributed by atoms with Crippen molar-refractivity contribution in [2.24, 2.45) is 0 Å². The van der Waals surface area contributed by atoms with E-state index in [1.807, 2.05) is 63.2 Å². The summed E-state index contributed by atoms with van der Waals surface area (Å²) in [6.45, 7) is 5.70. The lowest BCUT2D eigenvalue weighted by Crippen LogP contribution is -2.17. The molecule has 0 saturated heterocycles. The predicted molar refractivity (Wildman–Crippen MR) is 116 cm³/mol. The first-order chi connectivity index (χ1) is 13.9. The summed E-state index contributed by atoms with van der Waals surface area (Å²) < 4.78 is 5.74. The molecule has 0 aliphatic rings. The normalized spacial score (nSPS) is 10.5. The van der Waals surface area contributed by atoms with Gasteiger partial charge in [0.2, 0.25) is 0 Å². The molecule has 2 N–H and O–H groups in total. The van der Waals surface area contributed by atoms with Crippen LogP contribution in [-0.2, 0) is 0 Å². The highest BCUT2D eigenvalue weighted by Gasteiger charge is 2.15. The van der Waals surface area contributed by atoms with Crippen LogP contribution < -0.4 is 15.4 Å². The number of carbonyl (C=O) groups excluding carboxylic acids is 2. The van der Waals surface area contributed by atoms with Crippen LogP contribution in [0, 0.1) is 6.92 Å². The monoisotopic (exact) mass is 388 g/mol. The van der Waals surface area contributed by atoms with E-state index in [2.05, 4.69) is 10.6 Å². The molecule has 5 nitrogen and oxygen atoms in total. The Morgan fingerprint density at radius 1 is 0.828 bits per heavy atom. The third-order valence-corrected chi connectivity index (χ3v) is 4.27. The second-order valence-corrected chi connectivity index (χ2v) is 6.97. The molecule has 29 heavy (non-hydrogen) atoms. The van der Waals surface area contributed by atoms with Gasteiger partial charge in [-0.05, 0) is 62.7 Å². The number of ether oxygens (including phenoxy) is 1. The maximum atomic E-state index is 12.8. The number of benzene rings is 3. The standard InChI is InChI=1S/C24H24N2O3/c1-16(2)29-22-12-8-7-11-20(22)24(28)26-21-15-18(14-13-17(21)3)23(27)25-19-9-5-4-6-10-19/h4-16H,1-3H3,(H,25,27)(H,26,28). The van der Waals surface area contributed by atoms with Crippen LogP contribution in [0.1, 0.15) is 40.1 Å². The lowest BCUT2D eigenvalue weighted by Gasteiger charge is -2.15. The van der Waals surface area contributed by atoms with Crippen LogP contribution in [0.5, 0.6) is 5.75 Å². The first kappa shape index (κ1) is 20.1. The highest BCUT2D eigenvalue weighted by Crippen LogP contribution is 2.23. The molecule has 0 unspecified atom stereocenters. The van der Waals surface area contributed by atoms with Crippen molar-refractivity contribution in [2.45, 2.75) is 26.9 Å². The minimum Gasteiger partial charge on any atom is -0.490 e. The first-order valence-corrected chi connectivity index (χ1v) is 9.48. The van der Waals surface area contributed by atoms with Gasteiger partial charge in [-0.3, -0.25) is 9.59 Å². The molecule has 0 saturated carbocycles. The molecule has 0 aromatic heterocycles. The van der Waals surface area contributed by atoms with Gasteiger partial charge in [0.05, 0.1) is 11.7 Å². The van der Waals surface area contributed by atoms with Crippen molar-refractivity contribution in [2.75, 3.05) is 10.6 Å². The molecule has 0 bridgehead atoms. The molecule has 5 heteroatoms. The zero-order valence-electron chi connectivity index (χ0n) is 16.7. The summed E-state index contributed by atoms with van der Waals surface area (Å²) in [4.78, 5) is 25.4. The summed E-state index contributed by atoms with van der Waals surface area (Å²) in [5.41, 5.74) is 3.05. The van der Waals surface area contributed by atoms with E-state index in [1.54, 1.807) is 30.3 Å². The van der Waals surface area contributed by atoms with Crippen LogP contribution in [0.4, 0.5) is 11.4 Å². The Morgan fingerprint density at radius 3 is 2.24 bits per heavy atom. The minimum absolute atomic E-state index is 0.0457. The number of hydrogen-bond donors (Lipinski definition) is 2. The smallest absolute Gasteiger partial charge is 0.259 e. The zero-order valence-corrected chi connectivity index (χ0v) is 16.7. The maximum Gasteiger partial charge on any atom is 0.259 e. The summed E-state index contributed by atoms with van der Waals surface area (Å²) in [7, 11) is 0. The van der Waals surface area contributed by atoms with Crippen molar-refractivity contribution in [1.29, 1.82) is 0 Å². The van der Waals surface area contributed by atoms with Crippen molar-refractivity contribution in [3.8, 4) is 5.75 Å². The fourth-order valence-corrected chi connectivity index (χ4v) is 2.82. The van der Waals surface area contributed by atoms with E-state index < -0.39 is 0 Å². The van der Waals surface area contributed by atoms with Gasteiger partial charge in [-0.2, -0.15) is 0 Å². The van der Waals surface area contributed by atoms with Gasteiger partial charge in [0.15, 0.2) is 0 Å². The molecule has 3 rings (SSSR count). The van der Waals surface area contributed by atoms with Crippen molar-refractivity contribution < 1.29 is 14.3 Å². The van der Waals surface area contributed by atoms with Crippen LogP contribution in [0.25, 0.3) is 0 Å². The second kappa shape index (κ2) is 9.06. The largest absolute Gasteiger partial charge is 0.490 e. The molecule has 0 fully saturated rings. The highest BCUT2D eigenvalue weighted by atomic mass is 16.5. The molecule has 0 aliphatic heterocycles. The van der Waals surface area contributed by atoms with Gasteiger partial charge in [0.25, 0.3) is 11.8 Å². The average molecular weight is 388 g/mol. The van der Waals surface area contributed by atoms with Crippen molar-refractivity contribution in [1.82, 2.24) is 0 Å². The number of hydrogen-bond acceptors (Lipinski definition) is 3. The van der Waals surface area contributed by atoms with Crippen LogP contribution in [0.15, 0.2) is 72.8 Å². The van der Waals surface area contributed by atoms with Gasteiger partial charge in [0.1, 0.15) is 5.75 Å². The summed E-state index contributed by atoms with van der Waals surface area (Å²) in [5.74, 6) is -0.00386. The van der Waals surface area contributed by atoms with Gasteiger partial charge >= 0.3 is 0 Å². The zero-order chi connectivity index (χ0) is 20.8. The van der Waals surface area contributed by atoms with Gasteiger partial charge in [-0.25, -0.2) is 0 Å². The minimum atomic E-state index is -0.287. The Labute approximate surface area is 170 Å². The quantitative estimate of drug-likeness (QED) is 0.603. The first-order valence-electron chi connectivity index (χ1n) is 9.48. The molecular weight excluding hydrogens is 364 g/mol.